The van der Waals surface area contributed by atoms with E-state index in [9.17, 15) is 0 Å². The van der Waals surface area contributed by atoms with E-state index in [1.54, 1.807) is 0 Å². The van der Waals surface area contributed by atoms with E-state index in [-0.39, 0.29) is 6.04 Å². The van der Waals surface area contributed by atoms with Crippen molar-refractivity contribution in [1.82, 2.24) is 10.1 Å². The van der Waals surface area contributed by atoms with E-state index in [1.165, 1.54) is 25.7 Å². The van der Waals surface area contributed by atoms with Crippen molar-refractivity contribution in [1.29, 1.82) is 0 Å². The average molecular weight is 287 g/mol. The third-order valence-electron chi connectivity index (χ3n) is 3.66. The van der Waals surface area contributed by atoms with Gasteiger partial charge in [0.25, 0.3) is 0 Å². The van der Waals surface area contributed by atoms with Gasteiger partial charge in [0.15, 0.2) is 0 Å². The topological polar surface area (TPSA) is 64.9 Å². The lowest BCUT2D eigenvalue weighted by Gasteiger charge is -2.04. The maximum Gasteiger partial charge on any atom is 0.226 e. The van der Waals surface area contributed by atoms with Crippen molar-refractivity contribution in [3.05, 3.63) is 35.7 Å². The molecule has 21 heavy (non-hydrogen) atoms. The summed E-state index contributed by atoms with van der Waals surface area (Å²) >= 11 is 0. The van der Waals surface area contributed by atoms with Gasteiger partial charge in [-0.1, -0.05) is 62.0 Å². The van der Waals surface area contributed by atoms with Crippen molar-refractivity contribution in [2.24, 2.45) is 5.73 Å². The SMILES string of the molecule is CCCCCCCc1nc(-c2ccc([C@H](C)N)cc2)no1. The van der Waals surface area contributed by atoms with Crippen LogP contribution < -0.4 is 5.73 Å². The van der Waals surface area contributed by atoms with Crippen molar-refractivity contribution in [3.8, 4) is 11.4 Å². The van der Waals surface area contributed by atoms with Gasteiger partial charge >= 0.3 is 0 Å². The Kier molecular flexibility index (Phi) is 5.93. The van der Waals surface area contributed by atoms with Crippen LogP contribution in [0.15, 0.2) is 28.8 Å². The molecule has 114 valence electrons. The van der Waals surface area contributed by atoms with Gasteiger partial charge in [-0.15, -0.1) is 0 Å². The van der Waals surface area contributed by atoms with Crippen molar-refractivity contribution in [2.45, 2.75) is 58.4 Å². The zero-order chi connectivity index (χ0) is 15.1. The minimum Gasteiger partial charge on any atom is -0.339 e. The fourth-order valence-electron chi connectivity index (χ4n) is 2.29. The lowest BCUT2D eigenvalue weighted by Crippen LogP contribution is -2.04. The molecule has 0 spiro atoms. The van der Waals surface area contributed by atoms with E-state index in [4.69, 9.17) is 10.3 Å². The van der Waals surface area contributed by atoms with Gasteiger partial charge in [-0.25, -0.2) is 0 Å². The van der Waals surface area contributed by atoms with Crippen LogP contribution in [0.25, 0.3) is 11.4 Å². The zero-order valence-electron chi connectivity index (χ0n) is 13.0. The molecule has 4 heteroatoms. The van der Waals surface area contributed by atoms with Crippen LogP contribution >= 0.6 is 0 Å². The van der Waals surface area contributed by atoms with Crippen molar-refractivity contribution in [3.63, 3.8) is 0 Å². The Bertz CT molecular complexity index is 531. The van der Waals surface area contributed by atoms with E-state index in [0.29, 0.717) is 5.82 Å². The smallest absolute Gasteiger partial charge is 0.226 e. The minimum atomic E-state index is 0.0444. The molecular weight excluding hydrogens is 262 g/mol. The molecule has 0 amide bonds. The number of aromatic nitrogens is 2. The summed E-state index contributed by atoms with van der Waals surface area (Å²) < 4.78 is 5.32. The number of hydrogen-bond acceptors (Lipinski definition) is 4. The van der Waals surface area contributed by atoms with Crippen molar-refractivity contribution in [2.75, 3.05) is 0 Å². The van der Waals surface area contributed by atoms with Gasteiger partial charge in [0.1, 0.15) is 0 Å². The van der Waals surface area contributed by atoms with Crippen LogP contribution in [0.3, 0.4) is 0 Å². The van der Waals surface area contributed by atoms with Crippen LogP contribution in [0.5, 0.6) is 0 Å². The summed E-state index contributed by atoms with van der Waals surface area (Å²) in [5.41, 5.74) is 7.93. The Labute approximate surface area is 126 Å². The maximum absolute atomic E-state index is 5.85. The molecule has 1 aromatic carbocycles. The summed E-state index contributed by atoms with van der Waals surface area (Å²) in [6.45, 7) is 4.20. The average Bonchev–Trinajstić information content (AvgIpc) is 2.96. The number of aryl methyl sites for hydroxylation is 1. The molecule has 2 aromatic rings. The molecule has 0 aliphatic carbocycles. The second-order valence-electron chi connectivity index (χ2n) is 5.59. The van der Waals surface area contributed by atoms with E-state index >= 15 is 0 Å². The summed E-state index contributed by atoms with van der Waals surface area (Å²) in [5.74, 6) is 1.40. The lowest BCUT2D eigenvalue weighted by atomic mass is 10.1. The zero-order valence-corrected chi connectivity index (χ0v) is 13.0. The van der Waals surface area contributed by atoms with Gasteiger partial charge in [-0.2, -0.15) is 4.98 Å². The maximum atomic E-state index is 5.85. The van der Waals surface area contributed by atoms with Crippen LogP contribution in [-0.4, -0.2) is 10.1 Å². The first-order valence-corrected chi connectivity index (χ1v) is 7.89. The van der Waals surface area contributed by atoms with Gasteiger partial charge in [0.2, 0.25) is 11.7 Å². The number of benzene rings is 1. The molecule has 2 N–H and O–H groups in total. The normalized spacial score (nSPS) is 12.5. The molecule has 0 aliphatic rings. The predicted molar refractivity (Wildman–Crippen MR) is 84.8 cm³/mol. The Balaban J connectivity index is 1.90. The summed E-state index contributed by atoms with van der Waals surface area (Å²) in [4.78, 5) is 4.46. The molecule has 1 atom stereocenters. The van der Waals surface area contributed by atoms with Gasteiger partial charge in [0.05, 0.1) is 0 Å². The van der Waals surface area contributed by atoms with Crippen LogP contribution in [0.1, 0.15) is 63.4 Å². The molecule has 0 saturated heterocycles. The third-order valence-corrected chi connectivity index (χ3v) is 3.66. The molecule has 0 radical (unpaired) electrons. The Morgan fingerprint density at radius 3 is 2.48 bits per heavy atom. The highest BCUT2D eigenvalue weighted by Crippen LogP contribution is 2.19. The molecule has 1 heterocycles. The highest BCUT2D eigenvalue weighted by atomic mass is 16.5. The number of hydrogen-bond donors (Lipinski definition) is 1. The second-order valence-corrected chi connectivity index (χ2v) is 5.59. The van der Waals surface area contributed by atoms with Crippen LogP contribution in [0.2, 0.25) is 0 Å². The summed E-state index contributed by atoms with van der Waals surface area (Å²) in [6, 6.07) is 8.06. The van der Waals surface area contributed by atoms with E-state index in [0.717, 1.165) is 29.9 Å². The van der Waals surface area contributed by atoms with Crippen LogP contribution in [0.4, 0.5) is 0 Å². The Hall–Kier alpha value is -1.68. The second kappa shape index (κ2) is 7.93. The number of nitrogens with two attached hydrogens (primary N) is 1. The van der Waals surface area contributed by atoms with E-state index in [1.807, 2.05) is 31.2 Å². The van der Waals surface area contributed by atoms with Gasteiger partial charge < -0.3 is 10.3 Å². The Morgan fingerprint density at radius 1 is 1.10 bits per heavy atom. The molecule has 0 unspecified atom stereocenters. The minimum absolute atomic E-state index is 0.0444. The number of nitrogens with zero attached hydrogens (tertiary/aromatic N) is 2. The standard InChI is InChI=1S/C17H25N3O/c1-3-4-5-6-7-8-16-19-17(20-21-16)15-11-9-14(10-12-15)13(2)18/h9-13H,3-8,18H2,1-2H3/t13-/m0/s1. The first kappa shape index (κ1) is 15.7. The number of unbranched alkanes of at least 4 members (excludes halogenated alkanes) is 4. The monoisotopic (exact) mass is 287 g/mol. The molecule has 4 nitrogen and oxygen atoms in total. The highest BCUT2D eigenvalue weighted by Gasteiger charge is 2.09. The van der Waals surface area contributed by atoms with Crippen LogP contribution in [-0.2, 0) is 6.42 Å². The quantitative estimate of drug-likeness (QED) is 0.736. The molecule has 0 saturated carbocycles. The van der Waals surface area contributed by atoms with Gasteiger partial charge in [-0.3, -0.25) is 0 Å². The summed E-state index contributed by atoms with van der Waals surface area (Å²) in [7, 11) is 0. The molecule has 2 rings (SSSR count). The first-order chi connectivity index (χ1) is 10.2. The van der Waals surface area contributed by atoms with Crippen molar-refractivity contribution < 1.29 is 4.52 Å². The first-order valence-electron chi connectivity index (χ1n) is 7.89. The molecule has 0 aliphatic heterocycles. The highest BCUT2D eigenvalue weighted by molar-refractivity contribution is 5.54. The van der Waals surface area contributed by atoms with Crippen molar-refractivity contribution >= 4 is 0 Å². The van der Waals surface area contributed by atoms with Crippen LogP contribution in [0, 0.1) is 0 Å². The molecule has 1 aromatic heterocycles. The molecule has 0 bridgehead atoms. The van der Waals surface area contributed by atoms with E-state index in [2.05, 4.69) is 17.1 Å². The Morgan fingerprint density at radius 2 is 1.81 bits per heavy atom. The largest absolute Gasteiger partial charge is 0.339 e. The fraction of sp³-hybridized carbons (Fsp3) is 0.529. The lowest BCUT2D eigenvalue weighted by molar-refractivity contribution is 0.374. The van der Waals surface area contributed by atoms with Gasteiger partial charge in [-0.05, 0) is 18.9 Å². The molecule has 0 fully saturated rings. The summed E-state index contributed by atoms with van der Waals surface area (Å²) in [6.07, 6.45) is 7.08. The van der Waals surface area contributed by atoms with Gasteiger partial charge in [0, 0.05) is 18.0 Å². The third kappa shape index (κ3) is 4.67. The fourth-order valence-corrected chi connectivity index (χ4v) is 2.29. The molecular formula is C17H25N3O. The predicted octanol–water partition coefficient (Wildman–Crippen LogP) is 4.27. The van der Waals surface area contributed by atoms with E-state index < -0.39 is 0 Å². The number of rotatable bonds is 8. The summed E-state index contributed by atoms with van der Waals surface area (Å²) in [5, 5.41) is 4.06.